The summed E-state index contributed by atoms with van der Waals surface area (Å²) in [4.78, 5) is 9.43. The van der Waals surface area contributed by atoms with E-state index in [0.717, 1.165) is 9.75 Å². The van der Waals surface area contributed by atoms with Crippen LogP contribution in [0.3, 0.4) is 0 Å². The van der Waals surface area contributed by atoms with Crippen molar-refractivity contribution in [1.29, 1.82) is 0 Å². The number of halogens is 1. The Balaban J connectivity index is 2.36. The monoisotopic (exact) mass is 303 g/mol. The first-order chi connectivity index (χ1) is 8.38. The fraction of sp³-hybridized carbons (Fsp3) is 0.200. The third kappa shape index (κ3) is 2.80. The molecule has 0 bridgehead atoms. The van der Waals surface area contributed by atoms with Crippen LogP contribution in [-0.4, -0.2) is 18.4 Å². The number of nitrogens with zero attached hydrogens (tertiary/aromatic N) is 2. The number of hydrogen-bond acceptors (Lipinski definition) is 5. The van der Waals surface area contributed by atoms with Crippen molar-refractivity contribution in [2.45, 2.75) is 18.7 Å². The van der Waals surface area contributed by atoms with Crippen molar-refractivity contribution in [3.05, 3.63) is 33.4 Å². The molecule has 1 N–H and O–H groups in total. The van der Waals surface area contributed by atoms with Crippen LogP contribution in [0.2, 0.25) is 5.15 Å². The molecule has 2 aromatic rings. The highest BCUT2D eigenvalue weighted by molar-refractivity contribution is 7.93. The molecule has 0 aliphatic rings. The minimum atomic E-state index is -3.63. The molecule has 0 saturated carbocycles. The molecule has 2 aromatic heterocycles. The zero-order chi connectivity index (χ0) is 13.3. The van der Waals surface area contributed by atoms with Crippen LogP contribution in [0.25, 0.3) is 0 Å². The summed E-state index contributed by atoms with van der Waals surface area (Å²) >= 11 is 7.10. The van der Waals surface area contributed by atoms with Crippen LogP contribution in [0, 0.1) is 13.8 Å². The van der Waals surface area contributed by atoms with Gasteiger partial charge in [-0.25, -0.2) is 18.4 Å². The Kier molecular flexibility index (Phi) is 3.56. The quantitative estimate of drug-likeness (QED) is 0.885. The first-order valence-corrected chi connectivity index (χ1v) is 7.63. The van der Waals surface area contributed by atoms with Gasteiger partial charge >= 0.3 is 0 Å². The number of nitrogens with one attached hydrogen (secondary N) is 1. The van der Waals surface area contributed by atoms with Crippen LogP contribution in [0.15, 0.2) is 23.4 Å². The summed E-state index contributed by atoms with van der Waals surface area (Å²) in [5, 5.41) is 0.181. The molecule has 0 radical (unpaired) electrons. The van der Waals surface area contributed by atoms with Gasteiger partial charge in [0, 0.05) is 15.8 Å². The molecule has 96 valence electrons. The maximum absolute atomic E-state index is 12.1. The van der Waals surface area contributed by atoms with Gasteiger partial charge in [-0.1, -0.05) is 11.6 Å². The van der Waals surface area contributed by atoms with Crippen molar-refractivity contribution >= 4 is 38.8 Å². The predicted octanol–water partition coefficient (Wildman–Crippen LogP) is 2.61. The average Bonchev–Trinajstić information content (AvgIpc) is 2.58. The Bertz CT molecular complexity index is 682. The third-order valence-electron chi connectivity index (χ3n) is 2.16. The average molecular weight is 304 g/mol. The predicted molar refractivity (Wildman–Crippen MR) is 71.6 cm³/mol. The van der Waals surface area contributed by atoms with Crippen molar-refractivity contribution in [2.75, 3.05) is 4.72 Å². The van der Waals surface area contributed by atoms with E-state index >= 15 is 0 Å². The van der Waals surface area contributed by atoms with Crippen LogP contribution in [-0.2, 0) is 10.0 Å². The molecule has 0 aromatic carbocycles. The molecule has 0 spiro atoms. The Morgan fingerprint density at radius 1 is 1.28 bits per heavy atom. The second-order valence-electron chi connectivity index (χ2n) is 3.61. The zero-order valence-electron chi connectivity index (χ0n) is 9.64. The number of aromatic nitrogens is 2. The normalized spacial score (nSPS) is 11.5. The second-order valence-corrected chi connectivity index (χ2v) is 7.11. The Labute approximate surface area is 114 Å². The summed E-state index contributed by atoms with van der Waals surface area (Å²) in [7, 11) is -3.63. The maximum atomic E-state index is 12.1. The van der Waals surface area contributed by atoms with Crippen LogP contribution in [0.1, 0.15) is 9.75 Å². The Hall–Kier alpha value is -1.18. The molecule has 0 aliphatic carbocycles. The Morgan fingerprint density at radius 2 is 2.00 bits per heavy atom. The molecule has 0 atom stereocenters. The van der Waals surface area contributed by atoms with Gasteiger partial charge in [-0.05, 0) is 19.9 Å². The zero-order valence-corrected chi connectivity index (χ0v) is 12.0. The van der Waals surface area contributed by atoms with Gasteiger partial charge in [0.1, 0.15) is 22.2 Å². The van der Waals surface area contributed by atoms with E-state index < -0.39 is 10.0 Å². The molecule has 0 aliphatic heterocycles. The van der Waals surface area contributed by atoms with Crippen molar-refractivity contribution in [3.8, 4) is 0 Å². The van der Waals surface area contributed by atoms with E-state index in [2.05, 4.69) is 14.7 Å². The van der Waals surface area contributed by atoms with E-state index in [1.165, 1.54) is 23.7 Å². The number of anilines is 1. The lowest BCUT2D eigenvalue weighted by Gasteiger charge is -2.06. The number of thiophene rings is 1. The number of rotatable bonds is 3. The molecular formula is C10H10ClN3O2S2. The fourth-order valence-electron chi connectivity index (χ4n) is 1.46. The lowest BCUT2D eigenvalue weighted by molar-refractivity contribution is 0.601. The lowest BCUT2D eigenvalue weighted by Crippen LogP contribution is -2.14. The first kappa shape index (κ1) is 13.3. The van der Waals surface area contributed by atoms with Gasteiger partial charge in [0.25, 0.3) is 10.0 Å². The van der Waals surface area contributed by atoms with Crippen molar-refractivity contribution in [1.82, 2.24) is 9.97 Å². The topological polar surface area (TPSA) is 72.0 Å². The van der Waals surface area contributed by atoms with Gasteiger partial charge in [-0.2, -0.15) is 0 Å². The Morgan fingerprint density at radius 3 is 2.56 bits per heavy atom. The molecule has 0 amide bonds. The van der Waals surface area contributed by atoms with E-state index in [1.54, 1.807) is 13.0 Å². The van der Waals surface area contributed by atoms with Crippen LogP contribution in [0.5, 0.6) is 0 Å². The van der Waals surface area contributed by atoms with Gasteiger partial charge in [-0.3, -0.25) is 4.72 Å². The molecule has 5 nitrogen and oxygen atoms in total. The van der Waals surface area contributed by atoms with Crippen molar-refractivity contribution in [2.24, 2.45) is 0 Å². The minimum absolute atomic E-state index is 0.151. The SMILES string of the molecule is Cc1cc(S(=O)(=O)Nc2cc(Cl)ncn2)c(C)s1. The van der Waals surface area contributed by atoms with Crippen LogP contribution >= 0.6 is 22.9 Å². The summed E-state index contributed by atoms with van der Waals surface area (Å²) < 4.78 is 26.7. The standard InChI is InChI=1S/C10H10ClN3O2S2/c1-6-3-8(7(2)17-6)18(15,16)14-10-4-9(11)12-5-13-10/h3-5H,1-2H3,(H,12,13,14). The lowest BCUT2D eigenvalue weighted by atomic mass is 10.4. The van der Waals surface area contributed by atoms with Gasteiger partial charge in [0.05, 0.1) is 0 Å². The fourth-order valence-corrected chi connectivity index (χ4v) is 4.16. The van der Waals surface area contributed by atoms with Gasteiger partial charge in [0.2, 0.25) is 0 Å². The summed E-state index contributed by atoms with van der Waals surface area (Å²) in [5.74, 6) is 0.151. The van der Waals surface area contributed by atoms with Gasteiger partial charge < -0.3 is 0 Å². The molecule has 0 unspecified atom stereocenters. The summed E-state index contributed by atoms with van der Waals surface area (Å²) in [6.07, 6.45) is 1.20. The molecule has 8 heteroatoms. The smallest absolute Gasteiger partial charge is 0.263 e. The van der Waals surface area contributed by atoms with Crippen molar-refractivity contribution in [3.63, 3.8) is 0 Å². The molecule has 18 heavy (non-hydrogen) atoms. The number of hydrogen-bond donors (Lipinski definition) is 1. The highest BCUT2D eigenvalue weighted by atomic mass is 35.5. The van der Waals surface area contributed by atoms with E-state index in [-0.39, 0.29) is 15.9 Å². The van der Waals surface area contributed by atoms with E-state index in [4.69, 9.17) is 11.6 Å². The van der Waals surface area contributed by atoms with Crippen LogP contribution < -0.4 is 4.72 Å². The largest absolute Gasteiger partial charge is 0.264 e. The third-order valence-corrected chi connectivity index (χ3v) is 4.94. The van der Waals surface area contributed by atoms with E-state index in [9.17, 15) is 8.42 Å². The van der Waals surface area contributed by atoms with Crippen molar-refractivity contribution < 1.29 is 8.42 Å². The summed E-state index contributed by atoms with van der Waals surface area (Å²) in [6, 6.07) is 2.98. The van der Waals surface area contributed by atoms with E-state index in [0.29, 0.717) is 0 Å². The highest BCUT2D eigenvalue weighted by Crippen LogP contribution is 2.26. The maximum Gasteiger partial charge on any atom is 0.264 e. The summed E-state index contributed by atoms with van der Waals surface area (Å²) in [5.41, 5.74) is 0. The molecule has 0 saturated heterocycles. The number of sulfonamides is 1. The highest BCUT2D eigenvalue weighted by Gasteiger charge is 2.19. The molecule has 0 fully saturated rings. The summed E-state index contributed by atoms with van der Waals surface area (Å²) in [6.45, 7) is 3.62. The van der Waals surface area contributed by atoms with Gasteiger partial charge in [0.15, 0.2) is 0 Å². The first-order valence-electron chi connectivity index (χ1n) is 4.96. The molecule has 2 heterocycles. The van der Waals surface area contributed by atoms with Crippen LogP contribution in [0.4, 0.5) is 5.82 Å². The molecule has 2 rings (SSSR count). The van der Waals surface area contributed by atoms with Gasteiger partial charge in [-0.15, -0.1) is 11.3 Å². The number of aryl methyl sites for hydroxylation is 2. The molecular weight excluding hydrogens is 294 g/mol. The second kappa shape index (κ2) is 4.83. The minimum Gasteiger partial charge on any atom is -0.263 e. The van der Waals surface area contributed by atoms with E-state index in [1.807, 2.05) is 6.92 Å².